The van der Waals surface area contributed by atoms with Gasteiger partial charge in [0.25, 0.3) is 0 Å². The van der Waals surface area contributed by atoms with Crippen LogP contribution in [0.1, 0.15) is 19.3 Å². The molecule has 2 fully saturated rings. The summed E-state index contributed by atoms with van der Waals surface area (Å²) >= 11 is 0. The zero-order valence-electron chi connectivity index (χ0n) is 11.6. The van der Waals surface area contributed by atoms with Gasteiger partial charge in [-0.3, -0.25) is 9.69 Å². The Labute approximate surface area is 109 Å². The lowest BCUT2D eigenvalue weighted by molar-refractivity contribution is -0.142. The SMILES string of the molecule is CN1CCN(C2(CC(=O)O)CCCN(C)C2)CC1. The Balaban J connectivity index is 2.10. The fraction of sp³-hybridized carbons (Fsp3) is 0.923. The first-order valence-corrected chi connectivity index (χ1v) is 6.86. The van der Waals surface area contributed by atoms with Crippen molar-refractivity contribution in [1.82, 2.24) is 14.7 Å². The molecule has 0 aromatic carbocycles. The predicted molar refractivity (Wildman–Crippen MR) is 70.8 cm³/mol. The van der Waals surface area contributed by atoms with Gasteiger partial charge in [0.1, 0.15) is 0 Å². The second-order valence-electron chi connectivity index (χ2n) is 5.93. The lowest BCUT2D eigenvalue weighted by Gasteiger charge is -2.50. The van der Waals surface area contributed by atoms with Crippen molar-refractivity contribution >= 4 is 5.97 Å². The topological polar surface area (TPSA) is 47.0 Å². The highest BCUT2D eigenvalue weighted by molar-refractivity contribution is 5.68. The van der Waals surface area contributed by atoms with E-state index in [0.29, 0.717) is 0 Å². The number of aliphatic carboxylic acids is 1. The van der Waals surface area contributed by atoms with Gasteiger partial charge in [0.05, 0.1) is 6.42 Å². The Morgan fingerprint density at radius 3 is 2.33 bits per heavy atom. The number of hydrogen-bond acceptors (Lipinski definition) is 4. The number of carbonyl (C=O) groups is 1. The normalized spacial score (nSPS) is 32.6. The molecule has 2 heterocycles. The summed E-state index contributed by atoms with van der Waals surface area (Å²) in [5.74, 6) is -0.663. The third-order valence-corrected chi connectivity index (χ3v) is 4.40. The van der Waals surface area contributed by atoms with Crippen LogP contribution in [0.3, 0.4) is 0 Å². The van der Waals surface area contributed by atoms with Crippen molar-refractivity contribution in [2.24, 2.45) is 0 Å². The highest BCUT2D eigenvalue weighted by Gasteiger charge is 2.42. The maximum Gasteiger partial charge on any atom is 0.305 e. The summed E-state index contributed by atoms with van der Waals surface area (Å²) < 4.78 is 0. The van der Waals surface area contributed by atoms with Crippen LogP contribution in [0.25, 0.3) is 0 Å². The number of piperazine rings is 1. The number of likely N-dealkylation sites (tertiary alicyclic amines) is 1. The van der Waals surface area contributed by atoms with Crippen molar-refractivity contribution in [2.75, 3.05) is 53.4 Å². The highest BCUT2D eigenvalue weighted by atomic mass is 16.4. The Morgan fingerprint density at radius 1 is 1.11 bits per heavy atom. The molecule has 0 aromatic rings. The summed E-state index contributed by atoms with van der Waals surface area (Å²) in [6, 6.07) is 0. The number of likely N-dealkylation sites (N-methyl/N-ethyl adjacent to an activating group) is 2. The minimum atomic E-state index is -0.663. The molecule has 18 heavy (non-hydrogen) atoms. The average molecular weight is 255 g/mol. The zero-order valence-corrected chi connectivity index (χ0v) is 11.6. The van der Waals surface area contributed by atoms with Crippen LogP contribution in [-0.2, 0) is 4.79 Å². The monoisotopic (exact) mass is 255 g/mol. The van der Waals surface area contributed by atoms with E-state index in [1.54, 1.807) is 0 Å². The molecule has 2 aliphatic heterocycles. The number of carboxylic acids is 1. The van der Waals surface area contributed by atoms with Gasteiger partial charge in [-0.1, -0.05) is 0 Å². The molecule has 2 saturated heterocycles. The first kappa shape index (κ1) is 13.8. The summed E-state index contributed by atoms with van der Waals surface area (Å²) in [5, 5.41) is 9.24. The largest absolute Gasteiger partial charge is 0.481 e. The van der Waals surface area contributed by atoms with E-state index in [4.69, 9.17) is 0 Å². The summed E-state index contributed by atoms with van der Waals surface area (Å²) in [5.41, 5.74) is -0.139. The first-order chi connectivity index (χ1) is 8.52. The minimum absolute atomic E-state index is 0.139. The van der Waals surface area contributed by atoms with Crippen LogP contribution < -0.4 is 0 Å². The van der Waals surface area contributed by atoms with Crippen LogP contribution in [0, 0.1) is 0 Å². The van der Waals surface area contributed by atoms with E-state index in [1.165, 1.54) is 0 Å². The van der Waals surface area contributed by atoms with Gasteiger partial charge in [0.2, 0.25) is 0 Å². The molecule has 104 valence electrons. The Morgan fingerprint density at radius 2 is 1.78 bits per heavy atom. The van der Waals surface area contributed by atoms with Crippen molar-refractivity contribution in [3.8, 4) is 0 Å². The average Bonchev–Trinajstić information content (AvgIpc) is 2.28. The Bertz CT molecular complexity index is 303. The lowest BCUT2D eigenvalue weighted by Crippen LogP contribution is -2.63. The number of nitrogens with zero attached hydrogens (tertiary/aromatic N) is 3. The van der Waals surface area contributed by atoms with Gasteiger partial charge < -0.3 is 14.9 Å². The molecule has 2 aliphatic rings. The minimum Gasteiger partial charge on any atom is -0.481 e. The van der Waals surface area contributed by atoms with E-state index in [0.717, 1.165) is 52.1 Å². The summed E-state index contributed by atoms with van der Waals surface area (Å²) in [6.07, 6.45) is 2.41. The van der Waals surface area contributed by atoms with E-state index in [2.05, 4.69) is 28.8 Å². The molecule has 5 heteroatoms. The second kappa shape index (κ2) is 5.55. The fourth-order valence-electron chi connectivity index (χ4n) is 3.42. The van der Waals surface area contributed by atoms with Crippen LogP contribution in [0.15, 0.2) is 0 Å². The molecule has 0 spiro atoms. The summed E-state index contributed by atoms with van der Waals surface area (Å²) in [6.45, 7) is 6.07. The Hall–Kier alpha value is -0.650. The molecule has 1 N–H and O–H groups in total. The van der Waals surface area contributed by atoms with Gasteiger partial charge in [-0.05, 0) is 33.5 Å². The zero-order chi connectivity index (χ0) is 13.2. The van der Waals surface area contributed by atoms with Gasteiger partial charge in [-0.2, -0.15) is 0 Å². The van der Waals surface area contributed by atoms with Crippen LogP contribution >= 0.6 is 0 Å². The molecule has 0 aliphatic carbocycles. The van der Waals surface area contributed by atoms with Crippen LogP contribution in [0.5, 0.6) is 0 Å². The third-order valence-electron chi connectivity index (χ3n) is 4.40. The molecule has 0 bridgehead atoms. The Kier molecular flexibility index (Phi) is 4.25. The van der Waals surface area contributed by atoms with Crippen molar-refractivity contribution in [3.05, 3.63) is 0 Å². The maximum atomic E-state index is 11.2. The highest BCUT2D eigenvalue weighted by Crippen LogP contribution is 2.31. The van der Waals surface area contributed by atoms with Gasteiger partial charge in [-0.15, -0.1) is 0 Å². The van der Waals surface area contributed by atoms with Crippen LogP contribution in [0.2, 0.25) is 0 Å². The van der Waals surface area contributed by atoms with Crippen molar-refractivity contribution in [3.63, 3.8) is 0 Å². The first-order valence-electron chi connectivity index (χ1n) is 6.86. The number of piperidine rings is 1. The summed E-state index contributed by atoms with van der Waals surface area (Å²) in [7, 11) is 4.24. The number of carboxylic acid groups (broad SMARTS) is 1. The predicted octanol–water partition coefficient (Wildman–Crippen LogP) is 0.173. The van der Waals surface area contributed by atoms with Gasteiger partial charge >= 0.3 is 5.97 Å². The molecule has 0 aromatic heterocycles. The molecular formula is C13H25N3O2. The van der Waals surface area contributed by atoms with Crippen molar-refractivity contribution in [2.45, 2.75) is 24.8 Å². The lowest BCUT2D eigenvalue weighted by atomic mass is 9.83. The summed E-state index contributed by atoms with van der Waals surface area (Å²) in [4.78, 5) is 18.3. The third kappa shape index (κ3) is 3.02. The van der Waals surface area contributed by atoms with E-state index in [1.807, 2.05) is 0 Å². The molecule has 2 rings (SSSR count). The molecule has 5 nitrogen and oxygen atoms in total. The smallest absolute Gasteiger partial charge is 0.305 e. The molecule has 1 atom stereocenters. The molecule has 0 amide bonds. The van der Waals surface area contributed by atoms with E-state index >= 15 is 0 Å². The molecule has 0 radical (unpaired) electrons. The molecular weight excluding hydrogens is 230 g/mol. The van der Waals surface area contributed by atoms with E-state index in [9.17, 15) is 9.90 Å². The fourth-order valence-corrected chi connectivity index (χ4v) is 3.42. The quantitative estimate of drug-likeness (QED) is 0.779. The van der Waals surface area contributed by atoms with Crippen molar-refractivity contribution < 1.29 is 9.90 Å². The van der Waals surface area contributed by atoms with Crippen molar-refractivity contribution in [1.29, 1.82) is 0 Å². The van der Waals surface area contributed by atoms with E-state index in [-0.39, 0.29) is 12.0 Å². The molecule has 0 saturated carbocycles. The van der Waals surface area contributed by atoms with Gasteiger partial charge in [0, 0.05) is 38.3 Å². The van der Waals surface area contributed by atoms with Gasteiger partial charge in [0.15, 0.2) is 0 Å². The number of rotatable bonds is 3. The van der Waals surface area contributed by atoms with Gasteiger partial charge in [-0.25, -0.2) is 0 Å². The van der Waals surface area contributed by atoms with E-state index < -0.39 is 5.97 Å². The van der Waals surface area contributed by atoms with Crippen LogP contribution in [0.4, 0.5) is 0 Å². The number of hydrogen-bond donors (Lipinski definition) is 1. The van der Waals surface area contributed by atoms with Crippen LogP contribution in [-0.4, -0.2) is 84.7 Å². The molecule has 1 unspecified atom stereocenters. The second-order valence-corrected chi connectivity index (χ2v) is 5.93. The standard InChI is InChI=1S/C13H25N3O2/c1-14-6-8-16(9-7-14)13(10-12(17)18)4-3-5-15(2)11-13/h3-11H2,1-2H3,(H,17,18). The maximum absolute atomic E-state index is 11.2.